The average molecular weight is 660 g/mol. The SMILES string of the molecule is COc1cc(C=C2SC(=O)N(CC(=O)OC(C)(C)C)C2=O)cc(I)c1OCc1ccc(Br)cc1. The molecule has 1 fully saturated rings. The van der Waals surface area contributed by atoms with Crippen molar-refractivity contribution in [2.75, 3.05) is 13.7 Å². The number of benzene rings is 2. The molecule has 0 N–H and O–H groups in total. The van der Waals surface area contributed by atoms with Crippen LogP contribution in [-0.4, -0.2) is 41.3 Å². The van der Waals surface area contributed by atoms with Gasteiger partial charge in [0.05, 0.1) is 15.6 Å². The van der Waals surface area contributed by atoms with Crippen LogP contribution in [0.1, 0.15) is 31.9 Å². The molecule has 0 spiro atoms. The first-order valence-electron chi connectivity index (χ1n) is 10.2. The lowest BCUT2D eigenvalue weighted by Crippen LogP contribution is -2.37. The fraction of sp³-hybridized carbons (Fsp3) is 0.292. The molecule has 1 saturated heterocycles. The highest BCUT2D eigenvalue weighted by atomic mass is 127. The molecule has 34 heavy (non-hydrogen) atoms. The number of rotatable bonds is 7. The van der Waals surface area contributed by atoms with Crippen LogP contribution in [0.3, 0.4) is 0 Å². The lowest BCUT2D eigenvalue weighted by atomic mass is 10.1. The number of imide groups is 1. The van der Waals surface area contributed by atoms with Gasteiger partial charge in [-0.3, -0.25) is 19.3 Å². The van der Waals surface area contributed by atoms with Gasteiger partial charge in [0, 0.05) is 4.47 Å². The molecule has 1 heterocycles. The minimum Gasteiger partial charge on any atom is -0.493 e. The third-order valence-corrected chi connectivity index (χ3v) is 6.66. The van der Waals surface area contributed by atoms with Crippen LogP contribution in [0.4, 0.5) is 4.79 Å². The fourth-order valence-electron chi connectivity index (χ4n) is 2.99. The van der Waals surface area contributed by atoms with Crippen molar-refractivity contribution in [1.82, 2.24) is 4.90 Å². The normalized spacial score (nSPS) is 15.1. The molecule has 7 nitrogen and oxygen atoms in total. The molecule has 10 heteroatoms. The van der Waals surface area contributed by atoms with Crippen molar-refractivity contribution in [2.24, 2.45) is 0 Å². The van der Waals surface area contributed by atoms with E-state index in [1.165, 1.54) is 7.11 Å². The van der Waals surface area contributed by atoms with Crippen LogP contribution in [0, 0.1) is 3.57 Å². The predicted molar refractivity (Wildman–Crippen MR) is 143 cm³/mol. The molecule has 0 bridgehead atoms. The molecule has 0 atom stereocenters. The van der Waals surface area contributed by atoms with Gasteiger partial charge >= 0.3 is 5.97 Å². The number of thioether (sulfide) groups is 1. The van der Waals surface area contributed by atoms with Crippen molar-refractivity contribution in [3.8, 4) is 11.5 Å². The van der Waals surface area contributed by atoms with Gasteiger partial charge in [-0.1, -0.05) is 28.1 Å². The lowest BCUT2D eigenvalue weighted by molar-refractivity contribution is -0.156. The van der Waals surface area contributed by atoms with Gasteiger partial charge < -0.3 is 14.2 Å². The van der Waals surface area contributed by atoms with Crippen molar-refractivity contribution in [3.05, 3.63) is 60.5 Å². The maximum atomic E-state index is 12.8. The van der Waals surface area contributed by atoms with E-state index in [0.29, 0.717) is 23.7 Å². The number of carbonyl (C=O) groups excluding carboxylic acids is 3. The van der Waals surface area contributed by atoms with Crippen LogP contribution in [-0.2, 0) is 20.9 Å². The molecular formula is C24H23BrINO6S. The van der Waals surface area contributed by atoms with E-state index in [0.717, 1.165) is 30.3 Å². The number of amides is 2. The Labute approximate surface area is 224 Å². The first-order chi connectivity index (χ1) is 16.0. The summed E-state index contributed by atoms with van der Waals surface area (Å²) in [7, 11) is 1.54. The summed E-state index contributed by atoms with van der Waals surface area (Å²) in [6.07, 6.45) is 1.60. The first-order valence-corrected chi connectivity index (χ1v) is 12.9. The largest absolute Gasteiger partial charge is 0.493 e. The smallest absolute Gasteiger partial charge is 0.326 e. The van der Waals surface area contributed by atoms with E-state index in [9.17, 15) is 14.4 Å². The van der Waals surface area contributed by atoms with E-state index in [2.05, 4.69) is 38.5 Å². The molecule has 180 valence electrons. The standard InChI is InChI=1S/C24H23BrINO6S/c1-24(2,3)33-20(28)12-27-22(29)19(34-23(27)30)11-15-9-17(26)21(18(10-15)31-4)32-13-14-5-7-16(25)8-6-14/h5-11H,12-13H2,1-4H3. The van der Waals surface area contributed by atoms with E-state index in [1.54, 1.807) is 32.9 Å². The Hall–Kier alpha value is -2.05. The second kappa shape index (κ2) is 11.1. The van der Waals surface area contributed by atoms with E-state index < -0.39 is 29.3 Å². The molecule has 1 aliphatic heterocycles. The summed E-state index contributed by atoms with van der Waals surface area (Å²) in [5.74, 6) is -0.0885. The topological polar surface area (TPSA) is 82.1 Å². The summed E-state index contributed by atoms with van der Waals surface area (Å²) in [5, 5.41) is -0.516. The van der Waals surface area contributed by atoms with Crippen molar-refractivity contribution < 1.29 is 28.6 Å². The van der Waals surface area contributed by atoms with Gasteiger partial charge in [0.2, 0.25) is 0 Å². The Balaban J connectivity index is 1.76. The average Bonchev–Trinajstić information content (AvgIpc) is 2.99. The summed E-state index contributed by atoms with van der Waals surface area (Å²) in [6, 6.07) is 11.4. The molecule has 2 amide bonds. The minimum atomic E-state index is -0.705. The summed E-state index contributed by atoms with van der Waals surface area (Å²) >= 11 is 6.33. The molecule has 0 radical (unpaired) electrons. The molecule has 0 aromatic heterocycles. The molecule has 0 unspecified atom stereocenters. The maximum absolute atomic E-state index is 12.8. The van der Waals surface area contributed by atoms with Crippen molar-refractivity contribution in [2.45, 2.75) is 33.0 Å². The summed E-state index contributed by atoms with van der Waals surface area (Å²) in [5.41, 5.74) is 0.965. The maximum Gasteiger partial charge on any atom is 0.326 e. The number of methoxy groups -OCH3 is 1. The zero-order chi connectivity index (χ0) is 25.0. The fourth-order valence-corrected chi connectivity index (χ4v) is 4.87. The Kier molecular flexibility index (Phi) is 8.69. The van der Waals surface area contributed by atoms with Crippen molar-refractivity contribution >= 4 is 73.5 Å². The summed E-state index contributed by atoms with van der Waals surface area (Å²) in [4.78, 5) is 38.3. The van der Waals surface area contributed by atoms with Gasteiger partial charge in [-0.2, -0.15) is 0 Å². The highest BCUT2D eigenvalue weighted by Gasteiger charge is 2.37. The number of ether oxygens (including phenoxy) is 3. The second-order valence-corrected chi connectivity index (χ2v) is 11.4. The Morgan fingerprint density at radius 1 is 1.18 bits per heavy atom. The van der Waals surface area contributed by atoms with Crippen LogP contribution in [0.5, 0.6) is 11.5 Å². The van der Waals surface area contributed by atoms with Gasteiger partial charge in [-0.15, -0.1) is 0 Å². The van der Waals surface area contributed by atoms with Crippen LogP contribution >= 0.6 is 50.3 Å². The van der Waals surface area contributed by atoms with E-state index in [4.69, 9.17) is 14.2 Å². The quantitative estimate of drug-likeness (QED) is 0.204. The monoisotopic (exact) mass is 659 g/mol. The van der Waals surface area contributed by atoms with Crippen LogP contribution < -0.4 is 9.47 Å². The highest BCUT2D eigenvalue weighted by molar-refractivity contribution is 14.1. The van der Waals surface area contributed by atoms with Gasteiger partial charge in [0.25, 0.3) is 11.1 Å². The third kappa shape index (κ3) is 6.98. The van der Waals surface area contributed by atoms with Gasteiger partial charge in [0.15, 0.2) is 11.5 Å². The predicted octanol–water partition coefficient (Wildman–Crippen LogP) is 6.02. The number of hydrogen-bond acceptors (Lipinski definition) is 7. The van der Waals surface area contributed by atoms with Gasteiger partial charge in [-0.25, -0.2) is 0 Å². The van der Waals surface area contributed by atoms with E-state index >= 15 is 0 Å². The molecule has 1 aliphatic rings. The van der Waals surface area contributed by atoms with Crippen molar-refractivity contribution in [3.63, 3.8) is 0 Å². The third-order valence-electron chi connectivity index (χ3n) is 4.43. The Morgan fingerprint density at radius 2 is 1.85 bits per heavy atom. The number of esters is 1. The molecule has 0 saturated carbocycles. The lowest BCUT2D eigenvalue weighted by Gasteiger charge is -2.21. The molecule has 0 aliphatic carbocycles. The Bertz CT molecular complexity index is 1140. The van der Waals surface area contributed by atoms with Crippen LogP contribution in [0.2, 0.25) is 0 Å². The van der Waals surface area contributed by atoms with Gasteiger partial charge in [-0.05, 0) is 96.6 Å². The Morgan fingerprint density at radius 3 is 2.47 bits per heavy atom. The van der Waals surface area contributed by atoms with Gasteiger partial charge in [0.1, 0.15) is 18.8 Å². The van der Waals surface area contributed by atoms with Crippen molar-refractivity contribution in [1.29, 1.82) is 0 Å². The summed E-state index contributed by atoms with van der Waals surface area (Å²) < 4.78 is 18.5. The minimum absolute atomic E-state index is 0.218. The molecule has 2 aromatic carbocycles. The first kappa shape index (κ1) is 26.6. The number of halogens is 2. The highest BCUT2D eigenvalue weighted by Crippen LogP contribution is 2.37. The molecule has 3 rings (SSSR count). The van der Waals surface area contributed by atoms with E-state index in [1.807, 2.05) is 30.3 Å². The van der Waals surface area contributed by atoms with Crippen LogP contribution in [0.25, 0.3) is 6.08 Å². The number of nitrogens with zero attached hydrogens (tertiary/aromatic N) is 1. The zero-order valence-corrected chi connectivity index (χ0v) is 23.6. The van der Waals surface area contributed by atoms with E-state index in [-0.39, 0.29) is 4.91 Å². The number of carbonyl (C=O) groups is 3. The summed E-state index contributed by atoms with van der Waals surface area (Å²) in [6.45, 7) is 5.10. The molecular weight excluding hydrogens is 637 g/mol. The molecule has 2 aromatic rings. The second-order valence-electron chi connectivity index (χ2n) is 8.30. The zero-order valence-electron chi connectivity index (χ0n) is 19.0. The van der Waals surface area contributed by atoms with Crippen LogP contribution in [0.15, 0.2) is 45.8 Å². The number of hydrogen-bond donors (Lipinski definition) is 0.